The van der Waals surface area contributed by atoms with Crippen LogP contribution in [0.4, 0.5) is 0 Å². The Kier molecular flexibility index (Phi) is 2.62. The molecule has 0 aromatic rings. The molecule has 0 atom stereocenters. The highest BCUT2D eigenvalue weighted by Crippen LogP contribution is 2.15. The third-order valence-corrected chi connectivity index (χ3v) is 1.84. The molecule has 0 saturated carbocycles. The number of aldehydes is 1. The summed E-state index contributed by atoms with van der Waals surface area (Å²) in [5, 5.41) is 0. The predicted molar refractivity (Wildman–Crippen MR) is 42.5 cm³/mol. The molecule has 0 aromatic carbocycles. The van der Waals surface area contributed by atoms with Gasteiger partial charge in [0, 0.05) is 13.1 Å². The Morgan fingerprint density at radius 2 is 2.36 bits per heavy atom. The number of carbonyl (C=O) groups is 1. The zero-order valence-electron chi connectivity index (χ0n) is 7.17. The van der Waals surface area contributed by atoms with Crippen molar-refractivity contribution in [3.05, 3.63) is 0 Å². The van der Waals surface area contributed by atoms with Crippen LogP contribution in [0, 0.1) is 0 Å². The van der Waals surface area contributed by atoms with E-state index < -0.39 is 0 Å². The Hall–Kier alpha value is -0.410. The molecule has 1 fully saturated rings. The smallest absolute Gasteiger partial charge is 0.133 e. The SMILES string of the molecule is CC1(C)CN(CC=O)CCO1. The van der Waals surface area contributed by atoms with E-state index in [9.17, 15) is 4.79 Å². The van der Waals surface area contributed by atoms with Gasteiger partial charge in [-0.1, -0.05) is 0 Å². The summed E-state index contributed by atoms with van der Waals surface area (Å²) in [6.45, 7) is 7.09. The molecule has 11 heavy (non-hydrogen) atoms. The van der Waals surface area contributed by atoms with Crippen LogP contribution in [0.2, 0.25) is 0 Å². The summed E-state index contributed by atoms with van der Waals surface area (Å²) >= 11 is 0. The normalized spacial score (nSPS) is 24.9. The number of hydrogen-bond donors (Lipinski definition) is 0. The first-order chi connectivity index (χ1) is 5.14. The fourth-order valence-corrected chi connectivity index (χ4v) is 1.38. The molecule has 0 bridgehead atoms. The van der Waals surface area contributed by atoms with Crippen molar-refractivity contribution in [1.82, 2.24) is 4.90 Å². The van der Waals surface area contributed by atoms with E-state index in [4.69, 9.17) is 4.74 Å². The van der Waals surface area contributed by atoms with Crippen LogP contribution in [-0.4, -0.2) is 43.0 Å². The fraction of sp³-hybridized carbons (Fsp3) is 0.875. The second kappa shape index (κ2) is 3.32. The molecule has 3 heteroatoms. The molecule has 0 aromatic heterocycles. The standard InChI is InChI=1S/C8H15NO2/c1-8(2)7-9(3-5-10)4-6-11-8/h5H,3-4,6-7H2,1-2H3. The van der Waals surface area contributed by atoms with Crippen LogP contribution in [0.5, 0.6) is 0 Å². The van der Waals surface area contributed by atoms with Crippen molar-refractivity contribution in [3.63, 3.8) is 0 Å². The van der Waals surface area contributed by atoms with E-state index >= 15 is 0 Å². The lowest BCUT2D eigenvalue weighted by Crippen LogP contribution is -2.48. The summed E-state index contributed by atoms with van der Waals surface area (Å²) < 4.78 is 5.48. The van der Waals surface area contributed by atoms with Crippen LogP contribution >= 0.6 is 0 Å². The molecular weight excluding hydrogens is 142 g/mol. The number of rotatable bonds is 2. The minimum absolute atomic E-state index is 0.0821. The number of carbonyl (C=O) groups excluding carboxylic acids is 1. The van der Waals surface area contributed by atoms with Gasteiger partial charge >= 0.3 is 0 Å². The summed E-state index contributed by atoms with van der Waals surface area (Å²) in [6.07, 6.45) is 0.946. The average molecular weight is 157 g/mol. The first-order valence-corrected chi connectivity index (χ1v) is 3.94. The van der Waals surface area contributed by atoms with Gasteiger partial charge in [-0.25, -0.2) is 0 Å². The van der Waals surface area contributed by atoms with Gasteiger partial charge in [-0.15, -0.1) is 0 Å². The largest absolute Gasteiger partial charge is 0.373 e. The summed E-state index contributed by atoms with van der Waals surface area (Å²) in [5.41, 5.74) is -0.0821. The molecule has 0 aliphatic carbocycles. The van der Waals surface area contributed by atoms with Crippen molar-refractivity contribution in [2.75, 3.05) is 26.2 Å². The van der Waals surface area contributed by atoms with Crippen molar-refractivity contribution < 1.29 is 9.53 Å². The molecule has 1 aliphatic rings. The summed E-state index contributed by atoms with van der Waals surface area (Å²) in [5.74, 6) is 0. The van der Waals surface area contributed by atoms with Gasteiger partial charge in [0.15, 0.2) is 0 Å². The highest BCUT2D eigenvalue weighted by Gasteiger charge is 2.26. The van der Waals surface area contributed by atoms with Gasteiger partial charge in [-0.05, 0) is 13.8 Å². The Morgan fingerprint density at radius 3 is 2.91 bits per heavy atom. The quantitative estimate of drug-likeness (QED) is 0.540. The number of ether oxygens (including phenoxy) is 1. The van der Waals surface area contributed by atoms with E-state index in [1.165, 1.54) is 0 Å². The zero-order valence-corrected chi connectivity index (χ0v) is 7.17. The topological polar surface area (TPSA) is 29.5 Å². The Labute approximate surface area is 67.3 Å². The van der Waals surface area contributed by atoms with Crippen LogP contribution < -0.4 is 0 Å². The van der Waals surface area contributed by atoms with E-state index in [0.29, 0.717) is 6.54 Å². The third-order valence-electron chi connectivity index (χ3n) is 1.84. The number of morpholine rings is 1. The maximum Gasteiger partial charge on any atom is 0.133 e. The molecule has 0 spiro atoms. The lowest BCUT2D eigenvalue weighted by molar-refractivity contribution is -0.114. The van der Waals surface area contributed by atoms with Crippen LogP contribution in [0.25, 0.3) is 0 Å². The highest BCUT2D eigenvalue weighted by molar-refractivity contribution is 5.52. The summed E-state index contributed by atoms with van der Waals surface area (Å²) in [4.78, 5) is 12.3. The first kappa shape index (κ1) is 8.68. The van der Waals surface area contributed by atoms with Crippen LogP contribution in [0.15, 0.2) is 0 Å². The van der Waals surface area contributed by atoms with E-state index in [1.807, 2.05) is 13.8 Å². The van der Waals surface area contributed by atoms with Crippen LogP contribution in [0.3, 0.4) is 0 Å². The molecule has 0 N–H and O–H groups in total. The summed E-state index contributed by atoms with van der Waals surface area (Å²) in [6, 6.07) is 0. The van der Waals surface area contributed by atoms with Gasteiger partial charge in [-0.3, -0.25) is 4.90 Å². The Morgan fingerprint density at radius 1 is 1.64 bits per heavy atom. The highest BCUT2D eigenvalue weighted by atomic mass is 16.5. The van der Waals surface area contributed by atoms with Gasteiger partial charge in [0.1, 0.15) is 6.29 Å². The summed E-state index contributed by atoms with van der Waals surface area (Å²) in [7, 11) is 0. The lowest BCUT2D eigenvalue weighted by atomic mass is 10.1. The molecule has 1 aliphatic heterocycles. The molecule has 1 rings (SSSR count). The number of nitrogens with zero attached hydrogens (tertiary/aromatic N) is 1. The third kappa shape index (κ3) is 2.60. The lowest BCUT2D eigenvalue weighted by Gasteiger charge is -2.37. The molecule has 0 unspecified atom stereocenters. The monoisotopic (exact) mass is 157 g/mol. The van der Waals surface area contributed by atoms with Crippen molar-refractivity contribution in [3.8, 4) is 0 Å². The minimum Gasteiger partial charge on any atom is -0.373 e. The zero-order chi connectivity index (χ0) is 8.32. The second-order valence-corrected chi connectivity index (χ2v) is 3.51. The molecule has 1 heterocycles. The molecule has 0 amide bonds. The van der Waals surface area contributed by atoms with E-state index in [0.717, 1.165) is 26.0 Å². The number of hydrogen-bond acceptors (Lipinski definition) is 3. The molecule has 3 nitrogen and oxygen atoms in total. The second-order valence-electron chi connectivity index (χ2n) is 3.51. The van der Waals surface area contributed by atoms with Gasteiger partial charge in [0.25, 0.3) is 0 Å². The predicted octanol–water partition coefficient (Wildman–Crippen LogP) is 0.296. The van der Waals surface area contributed by atoms with Gasteiger partial charge in [0.05, 0.1) is 18.8 Å². The maximum absolute atomic E-state index is 10.2. The minimum atomic E-state index is -0.0821. The van der Waals surface area contributed by atoms with Crippen LogP contribution in [0.1, 0.15) is 13.8 Å². The van der Waals surface area contributed by atoms with Crippen molar-refractivity contribution in [1.29, 1.82) is 0 Å². The molecule has 0 radical (unpaired) electrons. The van der Waals surface area contributed by atoms with E-state index in [2.05, 4.69) is 4.90 Å². The first-order valence-electron chi connectivity index (χ1n) is 3.94. The molecule has 64 valence electrons. The van der Waals surface area contributed by atoms with E-state index in [1.54, 1.807) is 0 Å². The van der Waals surface area contributed by atoms with Gasteiger partial charge in [0.2, 0.25) is 0 Å². The van der Waals surface area contributed by atoms with Crippen molar-refractivity contribution >= 4 is 6.29 Å². The van der Waals surface area contributed by atoms with Crippen LogP contribution in [-0.2, 0) is 9.53 Å². The average Bonchev–Trinajstić information content (AvgIpc) is 1.85. The van der Waals surface area contributed by atoms with Crippen molar-refractivity contribution in [2.45, 2.75) is 19.4 Å². The fourth-order valence-electron chi connectivity index (χ4n) is 1.38. The molecule has 1 saturated heterocycles. The van der Waals surface area contributed by atoms with E-state index in [-0.39, 0.29) is 5.60 Å². The maximum atomic E-state index is 10.2. The van der Waals surface area contributed by atoms with Gasteiger partial charge < -0.3 is 9.53 Å². The van der Waals surface area contributed by atoms with Crippen molar-refractivity contribution in [2.24, 2.45) is 0 Å². The Balaban J connectivity index is 2.39. The van der Waals surface area contributed by atoms with Gasteiger partial charge in [-0.2, -0.15) is 0 Å². The Bertz CT molecular complexity index is 145. The molecular formula is C8H15NO2.